The van der Waals surface area contributed by atoms with Crippen LogP contribution in [-0.2, 0) is 0 Å². The molecule has 0 aliphatic carbocycles. The molecule has 0 bridgehead atoms. The minimum absolute atomic E-state index is 0.263. The number of halogens is 2. The van der Waals surface area contributed by atoms with Crippen molar-refractivity contribution in [3.63, 3.8) is 0 Å². The Kier molecular flexibility index (Phi) is 3.71. The second kappa shape index (κ2) is 5.67. The van der Waals surface area contributed by atoms with Crippen LogP contribution < -0.4 is 5.32 Å². The van der Waals surface area contributed by atoms with Gasteiger partial charge in [-0.2, -0.15) is 0 Å². The number of rotatable bonds is 3. The van der Waals surface area contributed by atoms with Crippen LogP contribution in [0.25, 0.3) is 10.9 Å². The second-order valence-corrected chi connectivity index (χ2v) is 5.25. The van der Waals surface area contributed by atoms with Crippen LogP contribution in [0.1, 0.15) is 24.1 Å². The lowest BCUT2D eigenvalue weighted by atomic mass is 10.1. The standard InChI is InChI=1S/C17H15F2N3/c1-10-6-7-15-13(8-10)17(21-9-20-15)22-11(2)12-4-3-5-14(18)16(12)19/h3-9,11H,1-2H3,(H,20,21,22). The maximum Gasteiger partial charge on any atom is 0.164 e. The molecule has 5 heteroatoms. The van der Waals surface area contributed by atoms with Crippen molar-refractivity contribution in [2.24, 2.45) is 0 Å². The number of aromatic nitrogens is 2. The van der Waals surface area contributed by atoms with Crippen molar-refractivity contribution < 1.29 is 8.78 Å². The highest BCUT2D eigenvalue weighted by Gasteiger charge is 2.15. The average Bonchev–Trinajstić information content (AvgIpc) is 2.50. The lowest BCUT2D eigenvalue weighted by Gasteiger charge is -2.17. The molecule has 0 saturated carbocycles. The summed E-state index contributed by atoms with van der Waals surface area (Å²) >= 11 is 0. The summed E-state index contributed by atoms with van der Waals surface area (Å²) in [7, 11) is 0. The molecule has 3 rings (SSSR count). The zero-order valence-corrected chi connectivity index (χ0v) is 12.3. The molecule has 0 spiro atoms. The first-order valence-electron chi connectivity index (χ1n) is 6.98. The van der Waals surface area contributed by atoms with Crippen molar-refractivity contribution in [3.8, 4) is 0 Å². The molecule has 0 amide bonds. The van der Waals surface area contributed by atoms with Crippen molar-refractivity contribution in [3.05, 3.63) is 65.5 Å². The van der Waals surface area contributed by atoms with Gasteiger partial charge in [-0.05, 0) is 32.0 Å². The third-order valence-electron chi connectivity index (χ3n) is 3.59. The van der Waals surface area contributed by atoms with E-state index in [9.17, 15) is 8.78 Å². The topological polar surface area (TPSA) is 37.8 Å². The third kappa shape index (κ3) is 2.62. The molecule has 112 valence electrons. The van der Waals surface area contributed by atoms with Crippen LogP contribution in [0.5, 0.6) is 0 Å². The van der Waals surface area contributed by atoms with E-state index in [0.29, 0.717) is 5.82 Å². The van der Waals surface area contributed by atoms with Gasteiger partial charge in [0.1, 0.15) is 12.1 Å². The molecule has 1 aromatic heterocycles. The van der Waals surface area contributed by atoms with Crippen molar-refractivity contribution in [1.29, 1.82) is 0 Å². The first kappa shape index (κ1) is 14.4. The zero-order valence-electron chi connectivity index (χ0n) is 12.3. The van der Waals surface area contributed by atoms with Gasteiger partial charge >= 0.3 is 0 Å². The number of fused-ring (bicyclic) bond motifs is 1. The fraction of sp³-hybridized carbons (Fsp3) is 0.176. The summed E-state index contributed by atoms with van der Waals surface area (Å²) in [6, 6.07) is 9.58. The molecule has 22 heavy (non-hydrogen) atoms. The minimum Gasteiger partial charge on any atom is -0.363 e. The summed E-state index contributed by atoms with van der Waals surface area (Å²) in [5.41, 5.74) is 2.14. The van der Waals surface area contributed by atoms with Gasteiger partial charge in [-0.3, -0.25) is 0 Å². The highest BCUT2D eigenvalue weighted by atomic mass is 19.2. The van der Waals surface area contributed by atoms with Crippen LogP contribution >= 0.6 is 0 Å². The number of anilines is 1. The molecule has 1 heterocycles. The number of aryl methyl sites for hydroxylation is 1. The Morgan fingerprint density at radius 1 is 1.09 bits per heavy atom. The van der Waals surface area contributed by atoms with Crippen LogP contribution in [0.2, 0.25) is 0 Å². The molecular formula is C17H15F2N3. The zero-order chi connectivity index (χ0) is 15.7. The Balaban J connectivity index is 1.99. The maximum absolute atomic E-state index is 13.9. The summed E-state index contributed by atoms with van der Waals surface area (Å²) in [6.07, 6.45) is 1.45. The third-order valence-corrected chi connectivity index (χ3v) is 3.59. The van der Waals surface area contributed by atoms with Gasteiger partial charge in [-0.1, -0.05) is 23.8 Å². The molecule has 1 atom stereocenters. The van der Waals surface area contributed by atoms with Crippen molar-refractivity contribution in [2.75, 3.05) is 5.32 Å². The molecule has 0 fully saturated rings. The summed E-state index contributed by atoms with van der Waals surface area (Å²) in [4.78, 5) is 8.44. The highest BCUT2D eigenvalue weighted by molar-refractivity contribution is 5.89. The largest absolute Gasteiger partial charge is 0.363 e. The summed E-state index contributed by atoms with van der Waals surface area (Å²) < 4.78 is 27.2. The van der Waals surface area contributed by atoms with Gasteiger partial charge in [0.2, 0.25) is 0 Å². The number of benzene rings is 2. The average molecular weight is 299 g/mol. The van der Waals surface area contributed by atoms with Gasteiger partial charge in [0, 0.05) is 10.9 Å². The van der Waals surface area contributed by atoms with E-state index in [2.05, 4.69) is 15.3 Å². The molecule has 0 radical (unpaired) electrons. The number of nitrogens with zero attached hydrogens (tertiary/aromatic N) is 2. The van der Waals surface area contributed by atoms with E-state index in [4.69, 9.17) is 0 Å². The smallest absolute Gasteiger partial charge is 0.164 e. The van der Waals surface area contributed by atoms with Crippen molar-refractivity contribution in [2.45, 2.75) is 19.9 Å². The molecule has 0 saturated heterocycles. The normalized spacial score (nSPS) is 12.4. The van der Waals surface area contributed by atoms with Gasteiger partial charge in [0.15, 0.2) is 11.6 Å². The highest BCUT2D eigenvalue weighted by Crippen LogP contribution is 2.26. The number of hydrogen-bond acceptors (Lipinski definition) is 3. The number of nitrogens with one attached hydrogen (secondary N) is 1. The summed E-state index contributed by atoms with van der Waals surface area (Å²) in [5, 5.41) is 3.99. The predicted molar refractivity (Wildman–Crippen MR) is 82.7 cm³/mol. The fourth-order valence-electron chi connectivity index (χ4n) is 2.42. The van der Waals surface area contributed by atoms with E-state index in [1.165, 1.54) is 12.4 Å². The summed E-state index contributed by atoms with van der Waals surface area (Å²) in [5.74, 6) is -1.09. The van der Waals surface area contributed by atoms with Gasteiger partial charge in [0.05, 0.1) is 11.6 Å². The Morgan fingerprint density at radius 3 is 2.73 bits per heavy atom. The molecular weight excluding hydrogens is 284 g/mol. The van der Waals surface area contributed by atoms with Gasteiger partial charge in [-0.25, -0.2) is 18.7 Å². The number of hydrogen-bond donors (Lipinski definition) is 1. The van der Waals surface area contributed by atoms with Crippen LogP contribution in [0, 0.1) is 18.6 Å². The monoisotopic (exact) mass is 299 g/mol. The van der Waals surface area contributed by atoms with Crippen LogP contribution in [0.4, 0.5) is 14.6 Å². The van der Waals surface area contributed by atoms with E-state index in [-0.39, 0.29) is 5.56 Å². The first-order valence-corrected chi connectivity index (χ1v) is 6.98. The van der Waals surface area contributed by atoms with Crippen LogP contribution in [0.15, 0.2) is 42.7 Å². The van der Waals surface area contributed by atoms with Gasteiger partial charge in [0.25, 0.3) is 0 Å². The Bertz CT molecular complexity index is 833. The van der Waals surface area contributed by atoms with Crippen LogP contribution in [0.3, 0.4) is 0 Å². The second-order valence-electron chi connectivity index (χ2n) is 5.25. The predicted octanol–water partition coefficient (Wildman–Crippen LogP) is 4.39. The van der Waals surface area contributed by atoms with Crippen molar-refractivity contribution >= 4 is 16.7 Å². The van der Waals surface area contributed by atoms with E-state index < -0.39 is 17.7 Å². The van der Waals surface area contributed by atoms with Gasteiger partial charge in [-0.15, -0.1) is 0 Å². The quantitative estimate of drug-likeness (QED) is 0.779. The van der Waals surface area contributed by atoms with E-state index in [1.54, 1.807) is 13.0 Å². The lowest BCUT2D eigenvalue weighted by molar-refractivity contribution is 0.494. The van der Waals surface area contributed by atoms with E-state index >= 15 is 0 Å². The first-order chi connectivity index (χ1) is 10.6. The fourth-order valence-corrected chi connectivity index (χ4v) is 2.42. The molecule has 3 aromatic rings. The van der Waals surface area contributed by atoms with Crippen molar-refractivity contribution in [1.82, 2.24) is 9.97 Å². The molecule has 2 aromatic carbocycles. The summed E-state index contributed by atoms with van der Waals surface area (Å²) in [6.45, 7) is 3.74. The SMILES string of the molecule is Cc1ccc2ncnc(NC(C)c3cccc(F)c3F)c2c1. The molecule has 0 aliphatic heterocycles. The maximum atomic E-state index is 13.9. The molecule has 0 aliphatic rings. The van der Waals surface area contributed by atoms with Crippen LogP contribution in [-0.4, -0.2) is 9.97 Å². The van der Waals surface area contributed by atoms with E-state index in [1.807, 2.05) is 25.1 Å². The Hall–Kier alpha value is -2.56. The lowest BCUT2D eigenvalue weighted by Crippen LogP contribution is -2.11. The molecule has 3 nitrogen and oxygen atoms in total. The van der Waals surface area contributed by atoms with E-state index in [0.717, 1.165) is 22.5 Å². The Labute approximate surface area is 127 Å². The van der Waals surface area contributed by atoms with Gasteiger partial charge < -0.3 is 5.32 Å². The molecule has 1 unspecified atom stereocenters. The molecule has 1 N–H and O–H groups in total. The Morgan fingerprint density at radius 2 is 1.91 bits per heavy atom. The minimum atomic E-state index is -0.852.